The number of anilines is 1. The zero-order valence-electron chi connectivity index (χ0n) is 10.7. The monoisotopic (exact) mass is 290 g/mol. The zero-order valence-corrected chi connectivity index (χ0v) is 12.2. The number of benzene rings is 1. The SMILES string of the molecule is CNCCCCS(=O)(=O)Nc1ccc(C)c(Cl)c1. The Balaban J connectivity index is 2.56. The summed E-state index contributed by atoms with van der Waals surface area (Å²) in [5, 5.41) is 3.55. The molecule has 0 saturated heterocycles. The smallest absolute Gasteiger partial charge is 0.232 e. The van der Waals surface area contributed by atoms with Crippen molar-refractivity contribution in [3.05, 3.63) is 28.8 Å². The molecular weight excluding hydrogens is 272 g/mol. The van der Waals surface area contributed by atoms with E-state index in [-0.39, 0.29) is 5.75 Å². The minimum atomic E-state index is -3.28. The van der Waals surface area contributed by atoms with E-state index in [2.05, 4.69) is 10.0 Å². The van der Waals surface area contributed by atoms with Crippen molar-refractivity contribution in [3.63, 3.8) is 0 Å². The van der Waals surface area contributed by atoms with Crippen LogP contribution in [0, 0.1) is 6.92 Å². The molecule has 0 amide bonds. The van der Waals surface area contributed by atoms with Crippen molar-refractivity contribution in [1.29, 1.82) is 0 Å². The standard InChI is InChI=1S/C12H19ClN2O2S/c1-10-5-6-11(9-12(10)13)15-18(16,17)8-4-3-7-14-2/h5-6,9,14-15H,3-4,7-8H2,1-2H3. The second-order valence-electron chi connectivity index (χ2n) is 4.20. The summed E-state index contributed by atoms with van der Waals surface area (Å²) in [7, 11) is -1.43. The van der Waals surface area contributed by atoms with E-state index in [1.165, 1.54) is 0 Å². The number of nitrogens with one attached hydrogen (secondary N) is 2. The Bertz CT molecular complexity index is 489. The summed E-state index contributed by atoms with van der Waals surface area (Å²) >= 11 is 5.95. The Morgan fingerprint density at radius 1 is 1.28 bits per heavy atom. The van der Waals surface area contributed by atoms with Crippen LogP contribution < -0.4 is 10.0 Å². The zero-order chi connectivity index (χ0) is 13.6. The third kappa shape index (κ3) is 5.25. The van der Waals surface area contributed by atoms with Gasteiger partial charge in [-0.2, -0.15) is 0 Å². The summed E-state index contributed by atoms with van der Waals surface area (Å²) < 4.78 is 26.1. The van der Waals surface area contributed by atoms with Crippen LogP contribution in [0.15, 0.2) is 18.2 Å². The fourth-order valence-electron chi connectivity index (χ4n) is 1.48. The van der Waals surface area contributed by atoms with Crippen LogP contribution in [0.4, 0.5) is 5.69 Å². The summed E-state index contributed by atoms with van der Waals surface area (Å²) in [4.78, 5) is 0. The highest BCUT2D eigenvalue weighted by atomic mass is 35.5. The Morgan fingerprint density at radius 2 is 2.00 bits per heavy atom. The number of unbranched alkanes of at least 4 members (excludes halogenated alkanes) is 1. The minimum absolute atomic E-state index is 0.125. The molecule has 0 unspecified atom stereocenters. The molecule has 18 heavy (non-hydrogen) atoms. The second kappa shape index (κ2) is 6.97. The fourth-order valence-corrected chi connectivity index (χ4v) is 2.83. The largest absolute Gasteiger partial charge is 0.320 e. The van der Waals surface area contributed by atoms with E-state index in [1.54, 1.807) is 18.2 Å². The van der Waals surface area contributed by atoms with Crippen LogP contribution in [0.1, 0.15) is 18.4 Å². The Morgan fingerprint density at radius 3 is 2.61 bits per heavy atom. The number of halogens is 1. The normalized spacial score (nSPS) is 11.5. The van der Waals surface area contributed by atoms with Gasteiger partial charge in [0.15, 0.2) is 0 Å². The average molecular weight is 291 g/mol. The van der Waals surface area contributed by atoms with Gasteiger partial charge >= 0.3 is 0 Å². The van der Waals surface area contributed by atoms with Crippen LogP contribution >= 0.6 is 11.6 Å². The van der Waals surface area contributed by atoms with Gasteiger partial charge < -0.3 is 5.32 Å². The minimum Gasteiger partial charge on any atom is -0.320 e. The van der Waals surface area contributed by atoms with Gasteiger partial charge in [0, 0.05) is 10.7 Å². The maximum atomic E-state index is 11.8. The molecular formula is C12H19ClN2O2S. The first-order valence-corrected chi connectivity index (χ1v) is 7.89. The van der Waals surface area contributed by atoms with Gasteiger partial charge in [-0.3, -0.25) is 4.72 Å². The second-order valence-corrected chi connectivity index (χ2v) is 6.44. The summed E-state index contributed by atoms with van der Waals surface area (Å²) in [5.41, 5.74) is 1.44. The molecule has 4 nitrogen and oxygen atoms in total. The van der Waals surface area contributed by atoms with Crippen molar-refractivity contribution in [3.8, 4) is 0 Å². The van der Waals surface area contributed by atoms with Gasteiger partial charge in [-0.25, -0.2) is 8.42 Å². The highest BCUT2D eigenvalue weighted by molar-refractivity contribution is 7.92. The number of hydrogen-bond donors (Lipinski definition) is 2. The topological polar surface area (TPSA) is 58.2 Å². The lowest BCUT2D eigenvalue weighted by Crippen LogP contribution is -2.18. The van der Waals surface area contributed by atoms with Crippen molar-refractivity contribution < 1.29 is 8.42 Å². The van der Waals surface area contributed by atoms with E-state index < -0.39 is 10.0 Å². The van der Waals surface area contributed by atoms with E-state index in [0.717, 1.165) is 18.5 Å². The molecule has 0 saturated carbocycles. The predicted octanol–water partition coefficient (Wildman–Crippen LogP) is 2.39. The molecule has 2 N–H and O–H groups in total. The van der Waals surface area contributed by atoms with Gasteiger partial charge in [0.1, 0.15) is 0 Å². The summed E-state index contributed by atoms with van der Waals surface area (Å²) in [5.74, 6) is 0.125. The summed E-state index contributed by atoms with van der Waals surface area (Å²) in [6.07, 6.45) is 1.47. The number of rotatable bonds is 7. The van der Waals surface area contributed by atoms with Crippen LogP contribution in [0.5, 0.6) is 0 Å². The van der Waals surface area contributed by atoms with Gasteiger partial charge in [-0.1, -0.05) is 17.7 Å². The molecule has 0 aliphatic rings. The molecule has 0 bridgehead atoms. The molecule has 1 aromatic rings. The van der Waals surface area contributed by atoms with E-state index in [0.29, 0.717) is 17.1 Å². The average Bonchev–Trinajstić information content (AvgIpc) is 2.29. The number of hydrogen-bond acceptors (Lipinski definition) is 3. The molecule has 0 fully saturated rings. The molecule has 102 valence electrons. The predicted molar refractivity (Wildman–Crippen MR) is 76.8 cm³/mol. The Kier molecular flexibility index (Phi) is 5.91. The molecule has 0 radical (unpaired) electrons. The lowest BCUT2D eigenvalue weighted by Gasteiger charge is -2.09. The van der Waals surface area contributed by atoms with Gasteiger partial charge in [0.2, 0.25) is 10.0 Å². The maximum absolute atomic E-state index is 11.8. The van der Waals surface area contributed by atoms with E-state index >= 15 is 0 Å². The van der Waals surface area contributed by atoms with Crippen molar-refractivity contribution in [2.24, 2.45) is 0 Å². The molecule has 0 atom stereocenters. The van der Waals surface area contributed by atoms with Crippen molar-refractivity contribution in [2.45, 2.75) is 19.8 Å². The van der Waals surface area contributed by atoms with Crippen LogP contribution in [-0.4, -0.2) is 27.8 Å². The molecule has 0 aliphatic heterocycles. The molecule has 6 heteroatoms. The Labute approximate surface area is 114 Å². The van der Waals surface area contributed by atoms with Crippen molar-refractivity contribution in [2.75, 3.05) is 24.1 Å². The molecule has 0 heterocycles. The highest BCUT2D eigenvalue weighted by Crippen LogP contribution is 2.20. The van der Waals surface area contributed by atoms with Crippen molar-refractivity contribution >= 4 is 27.3 Å². The fraction of sp³-hybridized carbons (Fsp3) is 0.500. The highest BCUT2D eigenvalue weighted by Gasteiger charge is 2.10. The quantitative estimate of drug-likeness (QED) is 0.758. The summed E-state index contributed by atoms with van der Waals surface area (Å²) in [6.45, 7) is 2.70. The summed E-state index contributed by atoms with van der Waals surface area (Å²) in [6, 6.07) is 5.13. The number of aryl methyl sites for hydroxylation is 1. The third-order valence-corrected chi connectivity index (χ3v) is 4.32. The van der Waals surface area contributed by atoms with Gasteiger partial charge in [-0.15, -0.1) is 0 Å². The van der Waals surface area contributed by atoms with E-state index in [1.807, 2.05) is 14.0 Å². The van der Waals surface area contributed by atoms with Gasteiger partial charge in [-0.05, 0) is 51.1 Å². The van der Waals surface area contributed by atoms with Crippen LogP contribution in [0.3, 0.4) is 0 Å². The van der Waals surface area contributed by atoms with E-state index in [9.17, 15) is 8.42 Å². The maximum Gasteiger partial charge on any atom is 0.232 e. The van der Waals surface area contributed by atoms with Crippen LogP contribution in [-0.2, 0) is 10.0 Å². The first kappa shape index (κ1) is 15.3. The third-order valence-electron chi connectivity index (χ3n) is 2.54. The molecule has 1 rings (SSSR count). The van der Waals surface area contributed by atoms with Gasteiger partial charge in [0.05, 0.1) is 5.75 Å². The lowest BCUT2D eigenvalue weighted by molar-refractivity contribution is 0.595. The molecule has 0 aromatic heterocycles. The first-order chi connectivity index (χ1) is 8.44. The number of sulfonamides is 1. The van der Waals surface area contributed by atoms with Gasteiger partial charge in [0.25, 0.3) is 0 Å². The van der Waals surface area contributed by atoms with E-state index in [4.69, 9.17) is 11.6 Å². The Hall–Kier alpha value is -0.780. The molecule has 1 aromatic carbocycles. The first-order valence-electron chi connectivity index (χ1n) is 5.86. The van der Waals surface area contributed by atoms with Crippen molar-refractivity contribution in [1.82, 2.24) is 5.32 Å². The lowest BCUT2D eigenvalue weighted by atomic mass is 10.2. The van der Waals surface area contributed by atoms with Crippen LogP contribution in [0.2, 0.25) is 5.02 Å². The molecule has 0 spiro atoms. The molecule has 0 aliphatic carbocycles. The van der Waals surface area contributed by atoms with Crippen LogP contribution in [0.25, 0.3) is 0 Å².